The van der Waals surface area contributed by atoms with E-state index in [1.807, 2.05) is 4.90 Å². The molecule has 1 atom stereocenters. The van der Waals surface area contributed by atoms with Crippen molar-refractivity contribution in [3.05, 3.63) is 29.6 Å². The summed E-state index contributed by atoms with van der Waals surface area (Å²) in [6, 6.07) is 4.61. The van der Waals surface area contributed by atoms with Gasteiger partial charge in [-0.1, -0.05) is 0 Å². The number of methoxy groups -OCH3 is 1. The highest BCUT2D eigenvalue weighted by Gasteiger charge is 2.28. The molecule has 2 saturated heterocycles. The number of hydrogen-bond donors (Lipinski definition) is 1. The molecule has 5 nitrogen and oxygen atoms in total. The molecule has 26 heavy (non-hydrogen) atoms. The maximum atomic E-state index is 13.5. The Morgan fingerprint density at radius 3 is 2.62 bits per heavy atom. The van der Waals surface area contributed by atoms with Crippen molar-refractivity contribution in [1.29, 1.82) is 0 Å². The number of piperidine rings is 1. The second-order valence-corrected chi connectivity index (χ2v) is 6.60. The summed E-state index contributed by atoms with van der Waals surface area (Å²) in [5.41, 5.74) is 0.855. The van der Waals surface area contributed by atoms with E-state index in [2.05, 4.69) is 10.2 Å². The Kier molecular flexibility index (Phi) is 9.64. The number of ether oxygens (including phenoxy) is 1. The average molecular weight is 408 g/mol. The van der Waals surface area contributed by atoms with Gasteiger partial charge in [-0.05, 0) is 37.6 Å². The van der Waals surface area contributed by atoms with Crippen LogP contribution in [0.3, 0.4) is 0 Å². The summed E-state index contributed by atoms with van der Waals surface area (Å²) in [7, 11) is 1.60. The highest BCUT2D eigenvalue weighted by molar-refractivity contribution is 5.85. The van der Waals surface area contributed by atoms with Crippen molar-refractivity contribution >= 4 is 30.7 Å². The standard InChI is InChI=1S/C18H26FN3O2.2ClH/c1-24-17-5-4-16(19)11-15(17)13-21-7-9-22(10-8-21)18(23)14-3-2-6-20-12-14;;/h4-5,11,14,20H,2-3,6-10,12-13H2,1H3;2*1H. The van der Waals surface area contributed by atoms with Crippen LogP contribution in [0.5, 0.6) is 5.75 Å². The normalized spacial score (nSPS) is 20.7. The van der Waals surface area contributed by atoms with E-state index in [0.717, 1.165) is 57.7 Å². The molecule has 0 saturated carbocycles. The third-order valence-electron chi connectivity index (χ3n) is 4.97. The summed E-state index contributed by atoms with van der Waals surface area (Å²) in [6.07, 6.45) is 2.07. The summed E-state index contributed by atoms with van der Waals surface area (Å²) in [4.78, 5) is 16.8. The molecule has 1 amide bonds. The SMILES string of the molecule is COc1ccc(F)cc1CN1CCN(C(=O)C2CCCNC2)CC1.Cl.Cl. The van der Waals surface area contributed by atoms with E-state index >= 15 is 0 Å². The van der Waals surface area contributed by atoms with Crippen molar-refractivity contribution in [1.82, 2.24) is 15.1 Å². The molecule has 0 spiro atoms. The highest BCUT2D eigenvalue weighted by atomic mass is 35.5. The minimum Gasteiger partial charge on any atom is -0.496 e. The quantitative estimate of drug-likeness (QED) is 0.831. The Morgan fingerprint density at radius 2 is 2.00 bits per heavy atom. The Balaban J connectivity index is 0.00000169. The largest absolute Gasteiger partial charge is 0.496 e. The van der Waals surface area contributed by atoms with Crippen LogP contribution in [-0.4, -0.2) is 62.1 Å². The number of amides is 1. The first-order valence-electron chi connectivity index (χ1n) is 8.71. The van der Waals surface area contributed by atoms with E-state index in [0.29, 0.717) is 12.3 Å². The van der Waals surface area contributed by atoms with Gasteiger partial charge in [0.15, 0.2) is 0 Å². The zero-order valence-corrected chi connectivity index (χ0v) is 16.7. The first-order chi connectivity index (χ1) is 11.7. The Hall–Kier alpha value is -1.08. The van der Waals surface area contributed by atoms with Crippen LogP contribution in [-0.2, 0) is 11.3 Å². The summed E-state index contributed by atoms with van der Waals surface area (Å²) >= 11 is 0. The fourth-order valence-corrected chi connectivity index (χ4v) is 3.56. The van der Waals surface area contributed by atoms with Crippen LogP contribution >= 0.6 is 24.8 Å². The zero-order chi connectivity index (χ0) is 16.9. The van der Waals surface area contributed by atoms with Crippen LogP contribution in [0.2, 0.25) is 0 Å². The van der Waals surface area contributed by atoms with Gasteiger partial charge in [-0.15, -0.1) is 24.8 Å². The summed E-state index contributed by atoms with van der Waals surface area (Å²) in [5, 5.41) is 3.31. The number of carbonyl (C=O) groups is 1. The molecule has 2 fully saturated rings. The summed E-state index contributed by atoms with van der Waals surface area (Å²) < 4.78 is 18.8. The number of halogens is 3. The highest BCUT2D eigenvalue weighted by Crippen LogP contribution is 2.22. The summed E-state index contributed by atoms with van der Waals surface area (Å²) in [6.45, 7) is 5.58. The molecule has 8 heteroatoms. The van der Waals surface area contributed by atoms with Crippen LogP contribution in [0.25, 0.3) is 0 Å². The number of piperazine rings is 1. The molecule has 1 aromatic carbocycles. The molecule has 2 aliphatic rings. The van der Waals surface area contributed by atoms with Gasteiger partial charge < -0.3 is 15.0 Å². The second kappa shape index (κ2) is 10.9. The van der Waals surface area contributed by atoms with Gasteiger partial charge in [0, 0.05) is 44.8 Å². The van der Waals surface area contributed by atoms with Crippen molar-refractivity contribution in [2.75, 3.05) is 46.4 Å². The minimum absolute atomic E-state index is 0. The van der Waals surface area contributed by atoms with Crippen LogP contribution in [0.4, 0.5) is 4.39 Å². The van der Waals surface area contributed by atoms with Gasteiger partial charge >= 0.3 is 0 Å². The van der Waals surface area contributed by atoms with Gasteiger partial charge in [-0.25, -0.2) is 4.39 Å². The minimum atomic E-state index is -0.246. The van der Waals surface area contributed by atoms with Crippen molar-refractivity contribution in [2.24, 2.45) is 5.92 Å². The topological polar surface area (TPSA) is 44.8 Å². The van der Waals surface area contributed by atoms with E-state index in [-0.39, 0.29) is 42.5 Å². The van der Waals surface area contributed by atoms with Gasteiger partial charge in [-0.3, -0.25) is 9.69 Å². The number of nitrogens with one attached hydrogen (secondary N) is 1. The first kappa shape index (κ1) is 23.0. The van der Waals surface area contributed by atoms with Gasteiger partial charge in [0.2, 0.25) is 5.91 Å². The predicted molar refractivity (Wildman–Crippen MR) is 105 cm³/mol. The molecule has 0 aromatic heterocycles. The lowest BCUT2D eigenvalue weighted by Gasteiger charge is -2.37. The van der Waals surface area contributed by atoms with E-state index in [9.17, 15) is 9.18 Å². The maximum Gasteiger partial charge on any atom is 0.227 e. The molecule has 0 bridgehead atoms. The Bertz CT molecular complexity index is 578. The fourth-order valence-electron chi connectivity index (χ4n) is 3.56. The Labute approximate surface area is 167 Å². The predicted octanol–water partition coefficient (Wildman–Crippen LogP) is 2.32. The average Bonchev–Trinajstić information content (AvgIpc) is 2.63. The molecule has 1 N–H and O–H groups in total. The number of benzene rings is 1. The van der Waals surface area contributed by atoms with Crippen LogP contribution in [0, 0.1) is 11.7 Å². The van der Waals surface area contributed by atoms with E-state index in [1.54, 1.807) is 13.2 Å². The van der Waals surface area contributed by atoms with Gasteiger partial charge in [0.1, 0.15) is 11.6 Å². The first-order valence-corrected chi connectivity index (χ1v) is 8.71. The monoisotopic (exact) mass is 407 g/mol. The number of nitrogens with zero attached hydrogens (tertiary/aromatic N) is 2. The summed E-state index contributed by atoms with van der Waals surface area (Å²) in [5.74, 6) is 0.881. The lowest BCUT2D eigenvalue weighted by atomic mass is 9.98. The third kappa shape index (κ3) is 5.71. The number of carbonyl (C=O) groups excluding carboxylic acids is 1. The van der Waals surface area contributed by atoms with E-state index in [4.69, 9.17) is 4.74 Å². The van der Waals surface area contributed by atoms with Crippen LogP contribution in [0.1, 0.15) is 18.4 Å². The lowest BCUT2D eigenvalue weighted by Crippen LogP contribution is -2.51. The molecular weight excluding hydrogens is 380 g/mol. The lowest BCUT2D eigenvalue weighted by molar-refractivity contribution is -0.137. The van der Waals surface area contributed by atoms with Crippen molar-refractivity contribution in [3.8, 4) is 5.75 Å². The molecule has 1 unspecified atom stereocenters. The molecule has 148 valence electrons. The van der Waals surface area contributed by atoms with E-state index in [1.165, 1.54) is 12.1 Å². The van der Waals surface area contributed by atoms with Gasteiger partial charge in [0.25, 0.3) is 0 Å². The van der Waals surface area contributed by atoms with Gasteiger partial charge in [-0.2, -0.15) is 0 Å². The van der Waals surface area contributed by atoms with Gasteiger partial charge in [0.05, 0.1) is 13.0 Å². The maximum absolute atomic E-state index is 13.5. The fraction of sp³-hybridized carbons (Fsp3) is 0.611. The second-order valence-electron chi connectivity index (χ2n) is 6.60. The molecular formula is C18H28Cl2FN3O2. The molecule has 3 rings (SSSR count). The van der Waals surface area contributed by atoms with Crippen molar-refractivity contribution in [3.63, 3.8) is 0 Å². The Morgan fingerprint density at radius 1 is 1.27 bits per heavy atom. The zero-order valence-electron chi connectivity index (χ0n) is 15.1. The number of hydrogen-bond acceptors (Lipinski definition) is 4. The molecule has 2 heterocycles. The molecule has 0 radical (unpaired) electrons. The molecule has 1 aromatic rings. The van der Waals surface area contributed by atoms with E-state index < -0.39 is 0 Å². The van der Waals surface area contributed by atoms with Crippen molar-refractivity contribution < 1.29 is 13.9 Å². The molecule has 2 aliphatic heterocycles. The van der Waals surface area contributed by atoms with Crippen LogP contribution < -0.4 is 10.1 Å². The molecule has 0 aliphatic carbocycles. The van der Waals surface area contributed by atoms with Crippen LogP contribution in [0.15, 0.2) is 18.2 Å². The third-order valence-corrected chi connectivity index (χ3v) is 4.97. The number of rotatable bonds is 4. The van der Waals surface area contributed by atoms with Crippen molar-refractivity contribution in [2.45, 2.75) is 19.4 Å². The smallest absolute Gasteiger partial charge is 0.227 e.